The molecule has 1 heterocycles. The number of aryl methyl sites for hydroxylation is 1. The standard InChI is InChI=1S/C21H27NO2/c1-14-6-8-17-11-15(7-9-16(17)10-14)13-24-19(23)18-12-20(2,3)22-21(18,4)5/h6-11,18,22H,12-13H2,1-5H3. The van der Waals surface area contributed by atoms with Crippen molar-refractivity contribution in [2.45, 2.75) is 58.7 Å². The van der Waals surface area contributed by atoms with Crippen molar-refractivity contribution in [3.05, 3.63) is 47.5 Å². The molecule has 0 spiro atoms. The highest BCUT2D eigenvalue weighted by atomic mass is 16.5. The van der Waals surface area contributed by atoms with Crippen LogP contribution in [0.15, 0.2) is 36.4 Å². The zero-order chi connectivity index (χ0) is 17.5. The van der Waals surface area contributed by atoms with Crippen molar-refractivity contribution >= 4 is 16.7 Å². The first kappa shape index (κ1) is 17.0. The van der Waals surface area contributed by atoms with Crippen molar-refractivity contribution in [1.29, 1.82) is 0 Å². The Labute approximate surface area is 144 Å². The van der Waals surface area contributed by atoms with Gasteiger partial charge in [-0.15, -0.1) is 0 Å². The van der Waals surface area contributed by atoms with Crippen LogP contribution in [-0.2, 0) is 16.1 Å². The highest BCUT2D eigenvalue weighted by Gasteiger charge is 2.48. The summed E-state index contributed by atoms with van der Waals surface area (Å²) in [5, 5.41) is 5.92. The van der Waals surface area contributed by atoms with Crippen LogP contribution in [0.3, 0.4) is 0 Å². The van der Waals surface area contributed by atoms with E-state index in [0.717, 1.165) is 12.0 Å². The molecule has 3 nitrogen and oxygen atoms in total. The molecule has 0 saturated carbocycles. The second kappa shape index (κ2) is 5.89. The molecule has 1 fully saturated rings. The summed E-state index contributed by atoms with van der Waals surface area (Å²) >= 11 is 0. The molecular weight excluding hydrogens is 298 g/mol. The van der Waals surface area contributed by atoms with Gasteiger partial charge in [0.15, 0.2) is 0 Å². The largest absolute Gasteiger partial charge is 0.461 e. The topological polar surface area (TPSA) is 38.3 Å². The Balaban J connectivity index is 1.69. The van der Waals surface area contributed by atoms with Gasteiger partial charge in [-0.3, -0.25) is 4.79 Å². The van der Waals surface area contributed by atoms with Crippen LogP contribution in [0.25, 0.3) is 10.8 Å². The molecule has 0 aromatic heterocycles. The number of fused-ring (bicyclic) bond motifs is 1. The van der Waals surface area contributed by atoms with E-state index in [1.807, 2.05) is 6.07 Å². The van der Waals surface area contributed by atoms with E-state index in [-0.39, 0.29) is 23.0 Å². The number of benzene rings is 2. The molecule has 1 aliphatic rings. The maximum Gasteiger partial charge on any atom is 0.311 e. The van der Waals surface area contributed by atoms with Crippen molar-refractivity contribution < 1.29 is 9.53 Å². The summed E-state index contributed by atoms with van der Waals surface area (Å²) in [6, 6.07) is 12.6. The van der Waals surface area contributed by atoms with Crippen molar-refractivity contribution in [2.75, 3.05) is 0 Å². The molecule has 0 amide bonds. The fourth-order valence-corrected chi connectivity index (χ4v) is 3.91. The van der Waals surface area contributed by atoms with Gasteiger partial charge in [0.05, 0.1) is 5.92 Å². The summed E-state index contributed by atoms with van der Waals surface area (Å²) in [6.45, 7) is 10.8. The molecule has 1 aliphatic heterocycles. The van der Waals surface area contributed by atoms with Crippen LogP contribution in [0, 0.1) is 12.8 Å². The van der Waals surface area contributed by atoms with Crippen LogP contribution in [0.5, 0.6) is 0 Å². The molecule has 1 saturated heterocycles. The van der Waals surface area contributed by atoms with E-state index in [1.54, 1.807) is 0 Å². The van der Waals surface area contributed by atoms with Gasteiger partial charge in [0.25, 0.3) is 0 Å². The van der Waals surface area contributed by atoms with E-state index in [2.05, 4.69) is 70.3 Å². The quantitative estimate of drug-likeness (QED) is 0.852. The van der Waals surface area contributed by atoms with Crippen LogP contribution in [0.2, 0.25) is 0 Å². The maximum atomic E-state index is 12.6. The lowest BCUT2D eigenvalue weighted by Gasteiger charge is -2.27. The molecule has 128 valence electrons. The molecular formula is C21H27NO2. The summed E-state index contributed by atoms with van der Waals surface area (Å²) in [5.41, 5.74) is 2.01. The lowest BCUT2D eigenvalue weighted by atomic mass is 9.87. The van der Waals surface area contributed by atoms with Gasteiger partial charge >= 0.3 is 5.97 Å². The van der Waals surface area contributed by atoms with E-state index in [0.29, 0.717) is 6.61 Å². The minimum atomic E-state index is -0.235. The molecule has 1 N–H and O–H groups in total. The molecule has 24 heavy (non-hydrogen) atoms. The first-order chi connectivity index (χ1) is 11.2. The van der Waals surface area contributed by atoms with Crippen LogP contribution < -0.4 is 5.32 Å². The van der Waals surface area contributed by atoms with E-state index < -0.39 is 0 Å². The lowest BCUT2D eigenvalue weighted by molar-refractivity contribution is -0.151. The Hall–Kier alpha value is -1.87. The summed E-state index contributed by atoms with van der Waals surface area (Å²) in [6.07, 6.45) is 0.801. The molecule has 2 aromatic carbocycles. The van der Waals surface area contributed by atoms with E-state index in [4.69, 9.17) is 4.74 Å². The average molecular weight is 325 g/mol. The number of carbonyl (C=O) groups excluding carboxylic acids is 1. The highest BCUT2D eigenvalue weighted by molar-refractivity contribution is 5.83. The van der Waals surface area contributed by atoms with E-state index in [1.165, 1.54) is 16.3 Å². The van der Waals surface area contributed by atoms with E-state index >= 15 is 0 Å². The minimum Gasteiger partial charge on any atom is -0.461 e. The summed E-state index contributed by atoms with van der Waals surface area (Å²) in [7, 11) is 0. The third kappa shape index (κ3) is 3.46. The van der Waals surface area contributed by atoms with Crippen molar-refractivity contribution in [3.8, 4) is 0 Å². The Morgan fingerprint density at radius 1 is 1.12 bits per heavy atom. The summed E-state index contributed by atoms with van der Waals surface area (Å²) in [5.74, 6) is -0.224. The number of esters is 1. The number of hydrogen-bond donors (Lipinski definition) is 1. The number of carbonyl (C=O) groups is 1. The normalized spacial score (nSPS) is 21.8. The molecule has 0 aliphatic carbocycles. The molecule has 3 rings (SSSR count). The molecule has 1 unspecified atom stereocenters. The first-order valence-corrected chi connectivity index (χ1v) is 8.62. The molecule has 0 bridgehead atoms. The average Bonchev–Trinajstić information content (AvgIpc) is 2.72. The minimum absolute atomic E-state index is 0.0337. The Morgan fingerprint density at radius 3 is 2.46 bits per heavy atom. The Bertz CT molecular complexity index is 777. The van der Waals surface area contributed by atoms with Crippen LogP contribution in [0.1, 0.15) is 45.2 Å². The SMILES string of the molecule is Cc1ccc2cc(COC(=O)C3CC(C)(C)NC3(C)C)ccc2c1. The third-order valence-corrected chi connectivity index (χ3v) is 4.97. The monoisotopic (exact) mass is 325 g/mol. The van der Waals surface area contributed by atoms with Crippen LogP contribution in [-0.4, -0.2) is 17.0 Å². The number of ether oxygens (including phenoxy) is 1. The Morgan fingerprint density at radius 2 is 1.79 bits per heavy atom. The summed E-state index contributed by atoms with van der Waals surface area (Å²) < 4.78 is 5.63. The maximum absolute atomic E-state index is 12.6. The van der Waals surface area contributed by atoms with Gasteiger partial charge in [-0.25, -0.2) is 0 Å². The first-order valence-electron chi connectivity index (χ1n) is 8.62. The lowest BCUT2D eigenvalue weighted by Crippen LogP contribution is -2.46. The summed E-state index contributed by atoms with van der Waals surface area (Å²) in [4.78, 5) is 12.6. The third-order valence-electron chi connectivity index (χ3n) is 4.97. The fourth-order valence-electron chi connectivity index (χ4n) is 3.91. The van der Waals surface area contributed by atoms with Gasteiger partial charge in [0, 0.05) is 11.1 Å². The van der Waals surface area contributed by atoms with Crippen molar-refractivity contribution in [1.82, 2.24) is 5.32 Å². The van der Waals surface area contributed by atoms with Crippen molar-refractivity contribution in [2.24, 2.45) is 5.92 Å². The predicted octanol–water partition coefficient (Wildman–Crippen LogP) is 4.36. The molecule has 0 radical (unpaired) electrons. The fraction of sp³-hybridized carbons (Fsp3) is 0.476. The zero-order valence-electron chi connectivity index (χ0n) is 15.3. The van der Waals surface area contributed by atoms with Gasteiger partial charge in [0.2, 0.25) is 0 Å². The Kier molecular flexibility index (Phi) is 4.16. The number of rotatable bonds is 3. The highest BCUT2D eigenvalue weighted by Crippen LogP contribution is 2.36. The predicted molar refractivity (Wildman–Crippen MR) is 97.9 cm³/mol. The van der Waals surface area contributed by atoms with Gasteiger partial charge in [-0.05, 0) is 63.4 Å². The van der Waals surface area contributed by atoms with Crippen molar-refractivity contribution in [3.63, 3.8) is 0 Å². The van der Waals surface area contributed by atoms with Gasteiger partial charge in [-0.2, -0.15) is 0 Å². The molecule has 3 heteroatoms. The van der Waals surface area contributed by atoms with Crippen LogP contribution >= 0.6 is 0 Å². The van der Waals surface area contributed by atoms with Crippen LogP contribution in [0.4, 0.5) is 0 Å². The zero-order valence-corrected chi connectivity index (χ0v) is 15.3. The van der Waals surface area contributed by atoms with Gasteiger partial charge in [-0.1, -0.05) is 35.9 Å². The molecule has 1 atom stereocenters. The van der Waals surface area contributed by atoms with Gasteiger partial charge in [0.1, 0.15) is 6.61 Å². The number of hydrogen-bond acceptors (Lipinski definition) is 3. The number of nitrogens with one attached hydrogen (secondary N) is 1. The second-order valence-corrected chi connectivity index (χ2v) is 8.28. The van der Waals surface area contributed by atoms with E-state index in [9.17, 15) is 4.79 Å². The molecule has 2 aromatic rings. The second-order valence-electron chi connectivity index (χ2n) is 8.28. The smallest absolute Gasteiger partial charge is 0.311 e. The van der Waals surface area contributed by atoms with Gasteiger partial charge < -0.3 is 10.1 Å².